The highest BCUT2D eigenvalue weighted by molar-refractivity contribution is 6.07. The highest BCUT2D eigenvalue weighted by atomic mass is 16.3. The van der Waals surface area contributed by atoms with E-state index in [4.69, 9.17) is 4.42 Å². The highest BCUT2D eigenvalue weighted by Crippen LogP contribution is 2.21. The summed E-state index contributed by atoms with van der Waals surface area (Å²) in [5.41, 5.74) is 1.50. The lowest BCUT2D eigenvalue weighted by Gasteiger charge is -1.84. The second-order valence-corrected chi connectivity index (χ2v) is 1.98. The van der Waals surface area contributed by atoms with Crippen LogP contribution in [0, 0.1) is 0 Å². The van der Waals surface area contributed by atoms with Gasteiger partial charge < -0.3 is 9.73 Å². The fourth-order valence-corrected chi connectivity index (χ4v) is 0.921. The van der Waals surface area contributed by atoms with Crippen molar-refractivity contribution in [3.05, 3.63) is 18.1 Å². The molecule has 2 heterocycles. The summed E-state index contributed by atoms with van der Waals surface area (Å²) >= 11 is 0. The van der Waals surface area contributed by atoms with Crippen molar-refractivity contribution in [2.45, 2.75) is 0 Å². The van der Waals surface area contributed by atoms with Gasteiger partial charge >= 0.3 is 0 Å². The van der Waals surface area contributed by atoms with Gasteiger partial charge in [0.05, 0.1) is 17.8 Å². The first-order chi connectivity index (χ1) is 4.38. The molecule has 1 aromatic rings. The third kappa shape index (κ3) is 0.483. The maximum atomic E-state index is 10.8. The topological polar surface area (TPSA) is 42.2 Å². The number of Topliss-reactive ketones (excluding diaryl/α,β-unsaturated/α-hetero) is 1. The molecule has 0 unspecified atom stereocenters. The van der Waals surface area contributed by atoms with Gasteiger partial charge in [-0.2, -0.15) is 0 Å². The van der Waals surface area contributed by atoms with Crippen LogP contribution in [0.4, 0.5) is 5.69 Å². The standard InChI is InChI=1S/C6H5NO2/c8-6-1-7-5-3-9-2-4(5)6/h2-3,7H,1H2. The number of rotatable bonds is 0. The molecule has 0 fully saturated rings. The van der Waals surface area contributed by atoms with Crippen LogP contribution in [-0.4, -0.2) is 12.3 Å². The zero-order chi connectivity index (χ0) is 6.27. The molecule has 0 saturated heterocycles. The Hall–Kier alpha value is -1.25. The van der Waals surface area contributed by atoms with Crippen molar-refractivity contribution in [2.75, 3.05) is 11.9 Å². The minimum atomic E-state index is 0.110. The summed E-state index contributed by atoms with van der Waals surface area (Å²) in [7, 11) is 0. The quantitative estimate of drug-likeness (QED) is 0.557. The second-order valence-electron chi connectivity index (χ2n) is 1.98. The molecule has 0 aromatic carbocycles. The summed E-state index contributed by atoms with van der Waals surface area (Å²) in [6, 6.07) is 0. The van der Waals surface area contributed by atoms with E-state index in [-0.39, 0.29) is 5.78 Å². The van der Waals surface area contributed by atoms with E-state index in [2.05, 4.69) is 5.32 Å². The number of carbonyl (C=O) groups is 1. The zero-order valence-electron chi connectivity index (χ0n) is 4.68. The Morgan fingerprint density at radius 1 is 1.56 bits per heavy atom. The number of hydrogen-bond donors (Lipinski definition) is 1. The van der Waals surface area contributed by atoms with Crippen molar-refractivity contribution < 1.29 is 9.21 Å². The molecule has 3 nitrogen and oxygen atoms in total. The second kappa shape index (κ2) is 1.37. The first-order valence-electron chi connectivity index (χ1n) is 2.71. The Bertz CT molecular complexity index is 251. The number of fused-ring (bicyclic) bond motifs is 1. The Kier molecular flexibility index (Phi) is 0.704. The van der Waals surface area contributed by atoms with Crippen LogP contribution in [0.5, 0.6) is 0 Å². The van der Waals surface area contributed by atoms with Crippen molar-refractivity contribution in [2.24, 2.45) is 0 Å². The molecule has 0 atom stereocenters. The monoisotopic (exact) mass is 123 g/mol. The van der Waals surface area contributed by atoms with Gasteiger partial charge in [-0.05, 0) is 0 Å². The first-order valence-corrected chi connectivity index (χ1v) is 2.71. The van der Waals surface area contributed by atoms with Gasteiger partial charge in [-0.3, -0.25) is 4.79 Å². The Labute approximate surface area is 51.7 Å². The highest BCUT2D eigenvalue weighted by Gasteiger charge is 2.19. The van der Waals surface area contributed by atoms with E-state index in [0.29, 0.717) is 12.1 Å². The van der Waals surface area contributed by atoms with Crippen LogP contribution in [-0.2, 0) is 0 Å². The van der Waals surface area contributed by atoms with E-state index in [1.807, 2.05) is 0 Å². The van der Waals surface area contributed by atoms with Gasteiger partial charge in [-0.15, -0.1) is 0 Å². The molecule has 0 amide bonds. The van der Waals surface area contributed by atoms with E-state index in [9.17, 15) is 4.79 Å². The molecule has 0 spiro atoms. The molecule has 3 heteroatoms. The predicted molar refractivity (Wildman–Crippen MR) is 31.5 cm³/mol. The molecule has 0 bridgehead atoms. The molecular formula is C6H5NO2. The summed E-state index contributed by atoms with van der Waals surface area (Å²) in [6.45, 7) is 0.418. The Morgan fingerprint density at radius 3 is 3.22 bits per heavy atom. The van der Waals surface area contributed by atoms with Crippen LogP contribution in [0.2, 0.25) is 0 Å². The smallest absolute Gasteiger partial charge is 0.187 e. The van der Waals surface area contributed by atoms with Crippen LogP contribution < -0.4 is 5.32 Å². The van der Waals surface area contributed by atoms with Gasteiger partial charge in [0.2, 0.25) is 0 Å². The minimum absolute atomic E-state index is 0.110. The largest absolute Gasteiger partial charge is 0.470 e. The van der Waals surface area contributed by atoms with E-state index in [1.165, 1.54) is 6.26 Å². The Morgan fingerprint density at radius 2 is 2.44 bits per heavy atom. The fraction of sp³-hybridized carbons (Fsp3) is 0.167. The molecule has 0 aliphatic carbocycles. The summed E-state index contributed by atoms with van der Waals surface area (Å²) in [4.78, 5) is 10.8. The van der Waals surface area contributed by atoms with Crippen LogP contribution in [0.25, 0.3) is 0 Å². The van der Waals surface area contributed by atoms with Gasteiger partial charge in [0, 0.05) is 0 Å². The van der Waals surface area contributed by atoms with E-state index >= 15 is 0 Å². The molecule has 2 rings (SSSR count). The van der Waals surface area contributed by atoms with Gasteiger partial charge in [-0.1, -0.05) is 0 Å². The van der Waals surface area contributed by atoms with Gasteiger partial charge in [-0.25, -0.2) is 0 Å². The van der Waals surface area contributed by atoms with Crippen LogP contribution >= 0.6 is 0 Å². The normalized spacial score (nSPS) is 15.3. The number of furan rings is 1. The molecule has 1 N–H and O–H groups in total. The molecule has 1 aliphatic rings. The Balaban J connectivity index is 2.61. The van der Waals surface area contributed by atoms with Gasteiger partial charge in [0.1, 0.15) is 12.5 Å². The average molecular weight is 123 g/mol. The molecule has 1 aromatic heterocycles. The zero-order valence-corrected chi connectivity index (χ0v) is 4.68. The fourth-order valence-electron chi connectivity index (χ4n) is 0.921. The van der Waals surface area contributed by atoms with Crippen molar-refractivity contribution in [3.63, 3.8) is 0 Å². The third-order valence-corrected chi connectivity index (χ3v) is 1.40. The SMILES string of the molecule is O=C1CNc2cocc21. The van der Waals surface area contributed by atoms with Crippen LogP contribution in [0.3, 0.4) is 0 Å². The summed E-state index contributed by atoms with van der Waals surface area (Å²) in [6.07, 6.45) is 3.01. The maximum Gasteiger partial charge on any atom is 0.187 e. The predicted octanol–water partition coefficient (Wildman–Crippen LogP) is 0.888. The van der Waals surface area contributed by atoms with E-state index in [0.717, 1.165) is 5.69 Å². The lowest BCUT2D eigenvalue weighted by Crippen LogP contribution is -2.00. The molecule has 9 heavy (non-hydrogen) atoms. The summed E-state index contributed by atoms with van der Waals surface area (Å²) < 4.78 is 4.77. The van der Waals surface area contributed by atoms with Crippen molar-refractivity contribution in [1.82, 2.24) is 0 Å². The number of hydrogen-bond acceptors (Lipinski definition) is 3. The van der Waals surface area contributed by atoms with Crippen molar-refractivity contribution in [1.29, 1.82) is 0 Å². The number of nitrogens with one attached hydrogen (secondary N) is 1. The average Bonchev–Trinajstić information content (AvgIpc) is 2.35. The lowest BCUT2D eigenvalue weighted by atomic mass is 10.2. The lowest BCUT2D eigenvalue weighted by molar-refractivity contribution is 0.101. The number of ketones is 1. The molecule has 46 valence electrons. The third-order valence-electron chi connectivity index (χ3n) is 1.40. The number of carbonyl (C=O) groups excluding carboxylic acids is 1. The molecule has 0 radical (unpaired) electrons. The maximum absolute atomic E-state index is 10.8. The molecule has 1 aliphatic heterocycles. The van der Waals surface area contributed by atoms with Crippen molar-refractivity contribution in [3.8, 4) is 0 Å². The van der Waals surface area contributed by atoms with Gasteiger partial charge in [0.15, 0.2) is 5.78 Å². The minimum Gasteiger partial charge on any atom is -0.470 e. The first kappa shape index (κ1) is 4.61. The molecular weight excluding hydrogens is 118 g/mol. The van der Waals surface area contributed by atoms with E-state index < -0.39 is 0 Å². The summed E-state index contributed by atoms with van der Waals surface area (Å²) in [5, 5.41) is 2.89. The summed E-state index contributed by atoms with van der Waals surface area (Å²) in [5.74, 6) is 0.110. The van der Waals surface area contributed by atoms with Crippen LogP contribution in [0.1, 0.15) is 10.4 Å². The van der Waals surface area contributed by atoms with Crippen molar-refractivity contribution >= 4 is 11.5 Å². The number of anilines is 1. The van der Waals surface area contributed by atoms with Crippen LogP contribution in [0.15, 0.2) is 16.9 Å². The van der Waals surface area contributed by atoms with Gasteiger partial charge in [0.25, 0.3) is 0 Å². The van der Waals surface area contributed by atoms with E-state index in [1.54, 1.807) is 6.26 Å². The molecule has 0 saturated carbocycles.